The van der Waals surface area contributed by atoms with Crippen molar-refractivity contribution in [2.45, 2.75) is 27.2 Å². The van der Waals surface area contributed by atoms with E-state index in [1.807, 2.05) is 36.1 Å². The highest BCUT2D eigenvalue weighted by Crippen LogP contribution is 2.37. The minimum atomic E-state index is 0.0727. The summed E-state index contributed by atoms with van der Waals surface area (Å²) in [6.07, 6.45) is 4.71. The van der Waals surface area contributed by atoms with E-state index in [9.17, 15) is 4.79 Å². The van der Waals surface area contributed by atoms with Gasteiger partial charge in [0, 0.05) is 41.7 Å². The van der Waals surface area contributed by atoms with E-state index in [1.54, 1.807) is 19.4 Å². The van der Waals surface area contributed by atoms with Crippen LogP contribution >= 0.6 is 0 Å². The van der Waals surface area contributed by atoms with E-state index in [0.29, 0.717) is 17.6 Å². The molecule has 1 aliphatic heterocycles. The topological polar surface area (TPSA) is 42.7 Å². The molecule has 30 heavy (non-hydrogen) atoms. The van der Waals surface area contributed by atoms with Gasteiger partial charge in [-0.2, -0.15) is 0 Å². The number of methoxy groups -OCH3 is 1. The number of amides is 1. The summed E-state index contributed by atoms with van der Waals surface area (Å²) in [7, 11) is 1.65. The maximum Gasteiger partial charge on any atom is 0.246 e. The molecule has 0 spiro atoms. The lowest BCUT2D eigenvalue weighted by molar-refractivity contribution is -0.128. The van der Waals surface area contributed by atoms with Crippen molar-refractivity contribution < 1.29 is 13.9 Å². The molecule has 0 radical (unpaired) electrons. The van der Waals surface area contributed by atoms with Crippen LogP contribution in [0.4, 0.5) is 0 Å². The maximum atomic E-state index is 13.0. The van der Waals surface area contributed by atoms with Gasteiger partial charge in [-0.05, 0) is 42.4 Å². The van der Waals surface area contributed by atoms with Gasteiger partial charge >= 0.3 is 0 Å². The van der Waals surface area contributed by atoms with Gasteiger partial charge < -0.3 is 14.1 Å². The van der Waals surface area contributed by atoms with Gasteiger partial charge in [0.1, 0.15) is 11.3 Å². The molecule has 156 valence electrons. The first-order valence-corrected chi connectivity index (χ1v) is 10.6. The number of rotatable bonds is 4. The summed E-state index contributed by atoms with van der Waals surface area (Å²) < 4.78 is 11.4. The van der Waals surface area contributed by atoms with Crippen molar-refractivity contribution in [1.82, 2.24) is 4.90 Å². The smallest absolute Gasteiger partial charge is 0.246 e. The molecule has 0 bridgehead atoms. The first-order chi connectivity index (χ1) is 14.5. The number of likely N-dealkylation sites (tertiary alicyclic amines) is 1. The molecule has 2 aromatic carbocycles. The van der Waals surface area contributed by atoms with Crippen LogP contribution in [0.3, 0.4) is 0 Å². The molecule has 3 aromatic rings. The van der Waals surface area contributed by atoms with Gasteiger partial charge in [0.05, 0.1) is 13.4 Å². The van der Waals surface area contributed by atoms with Crippen molar-refractivity contribution in [3.05, 3.63) is 60.4 Å². The Morgan fingerprint density at radius 3 is 2.50 bits per heavy atom. The molecule has 0 aliphatic carbocycles. The number of benzene rings is 2. The van der Waals surface area contributed by atoms with Crippen LogP contribution in [0.15, 0.2) is 59.2 Å². The summed E-state index contributed by atoms with van der Waals surface area (Å²) in [5, 5.41) is 1.01. The number of furan rings is 1. The third kappa shape index (κ3) is 4.00. The van der Waals surface area contributed by atoms with Crippen LogP contribution in [0.1, 0.15) is 32.8 Å². The Morgan fingerprint density at radius 2 is 1.83 bits per heavy atom. The van der Waals surface area contributed by atoms with Crippen LogP contribution in [0.25, 0.3) is 27.7 Å². The van der Waals surface area contributed by atoms with E-state index in [1.165, 1.54) is 6.42 Å². The van der Waals surface area contributed by atoms with Crippen molar-refractivity contribution in [1.29, 1.82) is 0 Å². The monoisotopic (exact) mass is 403 g/mol. The van der Waals surface area contributed by atoms with Gasteiger partial charge in [0.25, 0.3) is 0 Å². The molecule has 0 saturated carbocycles. The van der Waals surface area contributed by atoms with E-state index < -0.39 is 0 Å². The molecule has 2 unspecified atom stereocenters. The summed E-state index contributed by atoms with van der Waals surface area (Å²) in [4.78, 5) is 14.9. The van der Waals surface area contributed by atoms with Crippen molar-refractivity contribution in [2.24, 2.45) is 11.8 Å². The van der Waals surface area contributed by atoms with Crippen LogP contribution in [0, 0.1) is 11.8 Å². The lowest BCUT2D eigenvalue weighted by atomic mass is 9.91. The Hall–Kier alpha value is -3.01. The van der Waals surface area contributed by atoms with Crippen molar-refractivity contribution in [3.63, 3.8) is 0 Å². The van der Waals surface area contributed by atoms with Gasteiger partial charge in [-0.25, -0.2) is 0 Å². The Morgan fingerprint density at radius 1 is 1.13 bits per heavy atom. The summed E-state index contributed by atoms with van der Waals surface area (Å²) in [5.74, 6) is 1.86. The highest BCUT2D eigenvalue weighted by molar-refractivity contribution is 6.00. The van der Waals surface area contributed by atoms with E-state index in [2.05, 4.69) is 32.0 Å². The maximum absolute atomic E-state index is 13.0. The van der Waals surface area contributed by atoms with Crippen LogP contribution in [-0.2, 0) is 4.79 Å². The molecule has 0 N–H and O–H groups in total. The Bertz CT molecular complexity index is 1070. The van der Waals surface area contributed by atoms with E-state index >= 15 is 0 Å². The summed E-state index contributed by atoms with van der Waals surface area (Å²) >= 11 is 0. The third-order valence-corrected chi connectivity index (χ3v) is 5.93. The molecule has 4 heteroatoms. The van der Waals surface area contributed by atoms with Crippen LogP contribution < -0.4 is 4.74 Å². The highest BCUT2D eigenvalue weighted by Gasteiger charge is 2.24. The lowest BCUT2D eigenvalue weighted by Crippen LogP contribution is -2.41. The van der Waals surface area contributed by atoms with Crippen LogP contribution in [0.2, 0.25) is 0 Å². The number of carbonyl (C=O) groups excluding carboxylic acids is 1. The fraction of sp³-hybridized carbons (Fsp3) is 0.346. The highest BCUT2D eigenvalue weighted by atomic mass is 16.5. The standard InChI is InChI=1S/C26H29NO3/c1-17-10-18(2)15-27(14-17)26(28)11-19(3)21-12-22-23(20-8-6-5-7-9-20)16-30-25(22)13-24(21)29-4/h5-9,11-13,16-18H,10,14-15H2,1-4H3/b19-11+. The normalized spacial score (nSPS) is 19.9. The number of fused-ring (bicyclic) bond motifs is 1. The van der Waals surface area contributed by atoms with E-state index in [4.69, 9.17) is 9.15 Å². The first kappa shape index (κ1) is 20.3. The van der Waals surface area contributed by atoms with Crippen molar-refractivity contribution >= 4 is 22.4 Å². The predicted molar refractivity (Wildman–Crippen MR) is 121 cm³/mol. The average Bonchev–Trinajstić information content (AvgIpc) is 3.15. The number of piperidine rings is 1. The largest absolute Gasteiger partial charge is 0.496 e. The summed E-state index contributed by atoms with van der Waals surface area (Å²) in [5.41, 5.74) is 4.71. The molecule has 1 saturated heterocycles. The second-order valence-corrected chi connectivity index (χ2v) is 8.58. The molecule has 4 rings (SSSR count). The molecule has 1 fully saturated rings. The van der Waals surface area contributed by atoms with Gasteiger partial charge in [0.15, 0.2) is 0 Å². The zero-order chi connectivity index (χ0) is 21.3. The molecule has 1 amide bonds. The average molecular weight is 404 g/mol. The van der Waals surface area contributed by atoms with E-state index in [-0.39, 0.29) is 5.91 Å². The van der Waals surface area contributed by atoms with Crippen LogP contribution in [-0.4, -0.2) is 31.0 Å². The van der Waals surface area contributed by atoms with Gasteiger partial charge in [-0.1, -0.05) is 44.2 Å². The van der Waals surface area contributed by atoms with Crippen LogP contribution in [0.5, 0.6) is 5.75 Å². The van der Waals surface area contributed by atoms with Crippen molar-refractivity contribution in [2.75, 3.05) is 20.2 Å². The van der Waals surface area contributed by atoms with Gasteiger partial charge in [-0.3, -0.25) is 4.79 Å². The predicted octanol–water partition coefficient (Wildman–Crippen LogP) is 6.02. The van der Waals surface area contributed by atoms with Gasteiger partial charge in [0.2, 0.25) is 5.91 Å². The Labute approximate surface area is 178 Å². The number of hydrogen-bond donors (Lipinski definition) is 0. The fourth-order valence-electron chi connectivity index (χ4n) is 4.57. The molecular weight excluding hydrogens is 374 g/mol. The second-order valence-electron chi connectivity index (χ2n) is 8.58. The SMILES string of the molecule is COc1cc2occ(-c3ccccc3)c2cc1/C(C)=C/C(=O)N1CC(C)CC(C)C1. The number of ether oxygens (including phenoxy) is 1. The van der Waals surface area contributed by atoms with E-state index in [0.717, 1.165) is 46.3 Å². The number of allylic oxidation sites excluding steroid dienone is 1. The molecule has 2 atom stereocenters. The molecule has 1 aliphatic rings. The van der Waals surface area contributed by atoms with Gasteiger partial charge in [-0.15, -0.1) is 0 Å². The Kier molecular flexibility index (Phi) is 5.67. The molecule has 4 nitrogen and oxygen atoms in total. The quantitative estimate of drug-likeness (QED) is 0.501. The fourth-order valence-corrected chi connectivity index (χ4v) is 4.57. The zero-order valence-electron chi connectivity index (χ0n) is 18.1. The first-order valence-electron chi connectivity index (χ1n) is 10.6. The number of nitrogens with zero attached hydrogens (tertiary/aromatic N) is 1. The lowest BCUT2D eigenvalue weighted by Gasteiger charge is -2.34. The number of carbonyl (C=O) groups is 1. The second kappa shape index (κ2) is 8.39. The summed E-state index contributed by atoms with van der Waals surface area (Å²) in [6.45, 7) is 8.05. The minimum absolute atomic E-state index is 0.0727. The molecule has 2 heterocycles. The van der Waals surface area contributed by atoms with Crippen molar-refractivity contribution in [3.8, 4) is 16.9 Å². The molecular formula is C26H29NO3. The number of hydrogen-bond acceptors (Lipinski definition) is 3. The zero-order valence-corrected chi connectivity index (χ0v) is 18.1. The Balaban J connectivity index is 1.71. The minimum Gasteiger partial charge on any atom is -0.496 e. The summed E-state index contributed by atoms with van der Waals surface area (Å²) in [6, 6.07) is 14.1. The third-order valence-electron chi connectivity index (χ3n) is 5.93. The molecule has 1 aromatic heterocycles.